The number of hydrogen-bond acceptors (Lipinski definition) is 3. The quantitative estimate of drug-likeness (QED) is 0.606. The molecule has 3 nitrogen and oxygen atoms in total. The number of carbonyl (C=O) groups is 1. The summed E-state index contributed by atoms with van der Waals surface area (Å²) < 4.78 is 6.72. The molecule has 0 N–H and O–H groups in total. The van der Waals surface area contributed by atoms with Crippen LogP contribution in [0.25, 0.3) is 0 Å². The molecule has 18 heavy (non-hydrogen) atoms. The van der Waals surface area contributed by atoms with Crippen molar-refractivity contribution in [2.24, 2.45) is 0 Å². The van der Waals surface area contributed by atoms with Gasteiger partial charge in [-0.3, -0.25) is 0 Å². The molecule has 0 aliphatic heterocycles. The summed E-state index contributed by atoms with van der Waals surface area (Å²) in [5.74, 6) is -0.438. The summed E-state index contributed by atoms with van der Waals surface area (Å²) in [4.78, 5) is 15.8. The van der Waals surface area contributed by atoms with Crippen LogP contribution in [0, 0.1) is 0 Å². The van der Waals surface area contributed by atoms with E-state index in [1.165, 1.54) is 0 Å². The molecule has 0 saturated carbocycles. The van der Waals surface area contributed by atoms with Gasteiger partial charge in [0.2, 0.25) is 0 Å². The van der Waals surface area contributed by atoms with E-state index in [9.17, 15) is 4.79 Å². The van der Waals surface area contributed by atoms with Crippen molar-refractivity contribution in [3.8, 4) is 0 Å². The van der Waals surface area contributed by atoms with Crippen LogP contribution in [0.15, 0.2) is 51.5 Å². The number of carbonyl (C=O) groups excluding carboxylic acids is 1. The summed E-state index contributed by atoms with van der Waals surface area (Å²) >= 11 is 6.61. The normalized spacial score (nSPS) is 10.1. The number of hydrogen-bond donors (Lipinski definition) is 0. The number of pyridine rings is 1. The first-order chi connectivity index (χ1) is 8.66. The predicted octanol–water partition coefficient (Wildman–Crippen LogP) is 3.96. The van der Waals surface area contributed by atoms with Crippen LogP contribution in [0.5, 0.6) is 0 Å². The lowest BCUT2D eigenvalue weighted by Crippen LogP contribution is -2.07. The molecule has 1 aromatic carbocycles. The second-order valence-corrected chi connectivity index (χ2v) is 5.18. The molecule has 0 saturated heterocycles. The van der Waals surface area contributed by atoms with Gasteiger partial charge < -0.3 is 4.74 Å². The van der Waals surface area contributed by atoms with Crippen molar-refractivity contribution in [1.29, 1.82) is 0 Å². The van der Waals surface area contributed by atoms with Gasteiger partial charge >= 0.3 is 5.97 Å². The fraction of sp³-hybridized carbons (Fsp3) is 0.0769. The molecule has 0 bridgehead atoms. The van der Waals surface area contributed by atoms with Gasteiger partial charge in [0.05, 0.1) is 0 Å². The smallest absolute Gasteiger partial charge is 0.357 e. The molecule has 0 unspecified atom stereocenters. The van der Waals surface area contributed by atoms with Gasteiger partial charge in [0.25, 0.3) is 0 Å². The number of ether oxygens (including phenoxy) is 1. The Bertz CT molecular complexity index is 572. The molecule has 0 atom stereocenters. The van der Waals surface area contributed by atoms with Crippen LogP contribution < -0.4 is 0 Å². The van der Waals surface area contributed by atoms with Crippen LogP contribution in [-0.2, 0) is 11.3 Å². The first-order valence-electron chi connectivity index (χ1n) is 5.20. The Hall–Kier alpha value is -1.20. The average Bonchev–Trinajstić information content (AvgIpc) is 2.37. The number of benzene rings is 1. The third-order valence-corrected chi connectivity index (χ3v) is 3.46. The minimum absolute atomic E-state index is 0.217. The van der Waals surface area contributed by atoms with Crippen molar-refractivity contribution in [1.82, 2.24) is 4.98 Å². The molecular weight excluding hydrogens is 362 g/mol. The minimum Gasteiger partial charge on any atom is -0.456 e. The molecule has 0 spiro atoms. The number of nitrogens with zero attached hydrogens (tertiary/aromatic N) is 1. The zero-order valence-corrected chi connectivity index (χ0v) is 12.4. The van der Waals surface area contributed by atoms with Gasteiger partial charge in [-0.1, -0.05) is 40.2 Å². The highest BCUT2D eigenvalue weighted by Gasteiger charge is 2.10. The molecule has 0 fully saturated rings. The first kappa shape index (κ1) is 13.2. The van der Waals surface area contributed by atoms with Crippen molar-refractivity contribution < 1.29 is 9.53 Å². The standard InChI is InChI=1S/C13H9Br2NO2/c14-10-5-2-1-4-9(10)8-18-13(17)11-6-3-7-12(15)16-11/h1-7H,8H2. The fourth-order valence-corrected chi connectivity index (χ4v) is 2.10. The molecule has 5 heteroatoms. The molecule has 1 heterocycles. The molecule has 92 valence electrons. The Morgan fingerprint density at radius 1 is 1.11 bits per heavy atom. The second-order valence-electron chi connectivity index (χ2n) is 3.51. The van der Waals surface area contributed by atoms with E-state index in [4.69, 9.17) is 4.74 Å². The zero-order valence-electron chi connectivity index (χ0n) is 9.27. The van der Waals surface area contributed by atoms with Gasteiger partial charge in [0.1, 0.15) is 16.9 Å². The summed E-state index contributed by atoms with van der Waals surface area (Å²) in [5, 5.41) is 0. The number of aromatic nitrogens is 1. The second kappa shape index (κ2) is 6.11. The van der Waals surface area contributed by atoms with E-state index >= 15 is 0 Å². The first-order valence-corrected chi connectivity index (χ1v) is 6.78. The molecule has 1 aromatic heterocycles. The lowest BCUT2D eigenvalue weighted by atomic mass is 10.2. The molecule has 0 amide bonds. The third kappa shape index (κ3) is 3.40. The lowest BCUT2D eigenvalue weighted by Gasteiger charge is -2.06. The monoisotopic (exact) mass is 369 g/mol. The van der Waals surface area contributed by atoms with Crippen molar-refractivity contribution in [3.63, 3.8) is 0 Å². The van der Waals surface area contributed by atoms with Gasteiger partial charge in [-0.2, -0.15) is 0 Å². The summed E-state index contributed by atoms with van der Waals surface area (Å²) in [6, 6.07) is 12.7. The summed E-state index contributed by atoms with van der Waals surface area (Å²) in [5.41, 5.74) is 1.21. The lowest BCUT2D eigenvalue weighted by molar-refractivity contribution is 0.0464. The van der Waals surface area contributed by atoms with Crippen LogP contribution >= 0.6 is 31.9 Å². The summed E-state index contributed by atoms with van der Waals surface area (Å²) in [6.45, 7) is 0.217. The number of halogens is 2. The number of esters is 1. The molecular formula is C13H9Br2NO2. The van der Waals surface area contributed by atoms with Crippen LogP contribution in [0.2, 0.25) is 0 Å². The van der Waals surface area contributed by atoms with E-state index in [1.807, 2.05) is 24.3 Å². The Morgan fingerprint density at radius 2 is 1.89 bits per heavy atom. The van der Waals surface area contributed by atoms with Crippen molar-refractivity contribution in [2.45, 2.75) is 6.61 Å². The average molecular weight is 371 g/mol. The van der Waals surface area contributed by atoms with Gasteiger partial charge in [0, 0.05) is 10.0 Å². The number of rotatable bonds is 3. The summed E-state index contributed by atoms with van der Waals surface area (Å²) in [7, 11) is 0. The van der Waals surface area contributed by atoms with Gasteiger partial charge in [-0.25, -0.2) is 9.78 Å². The summed E-state index contributed by atoms with van der Waals surface area (Å²) in [6.07, 6.45) is 0. The van der Waals surface area contributed by atoms with E-state index in [0.29, 0.717) is 4.60 Å². The minimum atomic E-state index is -0.438. The predicted molar refractivity (Wildman–Crippen MR) is 75.2 cm³/mol. The highest BCUT2D eigenvalue weighted by molar-refractivity contribution is 9.10. The Morgan fingerprint density at radius 3 is 2.61 bits per heavy atom. The maximum atomic E-state index is 11.8. The molecule has 0 aliphatic rings. The van der Waals surface area contributed by atoms with Gasteiger partial charge in [0.15, 0.2) is 0 Å². The van der Waals surface area contributed by atoms with Crippen molar-refractivity contribution in [2.75, 3.05) is 0 Å². The zero-order chi connectivity index (χ0) is 13.0. The SMILES string of the molecule is O=C(OCc1ccccc1Br)c1cccc(Br)n1. The van der Waals surface area contributed by atoms with Gasteiger partial charge in [-0.05, 0) is 34.1 Å². The highest BCUT2D eigenvalue weighted by atomic mass is 79.9. The van der Waals surface area contributed by atoms with Crippen molar-refractivity contribution in [3.05, 3.63) is 62.8 Å². The largest absolute Gasteiger partial charge is 0.456 e. The van der Waals surface area contributed by atoms with E-state index in [0.717, 1.165) is 10.0 Å². The maximum Gasteiger partial charge on any atom is 0.357 e. The van der Waals surface area contributed by atoms with Gasteiger partial charge in [-0.15, -0.1) is 0 Å². The maximum absolute atomic E-state index is 11.8. The fourth-order valence-electron chi connectivity index (χ4n) is 1.35. The molecule has 0 aliphatic carbocycles. The topological polar surface area (TPSA) is 39.2 Å². The van der Waals surface area contributed by atoms with Crippen LogP contribution in [0.1, 0.15) is 16.1 Å². The van der Waals surface area contributed by atoms with Crippen LogP contribution in [-0.4, -0.2) is 11.0 Å². The van der Waals surface area contributed by atoms with Crippen LogP contribution in [0.4, 0.5) is 0 Å². The highest BCUT2D eigenvalue weighted by Crippen LogP contribution is 2.17. The molecule has 0 radical (unpaired) electrons. The Labute approximate surface area is 121 Å². The molecule has 2 aromatic rings. The van der Waals surface area contributed by atoms with E-state index in [-0.39, 0.29) is 12.3 Å². The van der Waals surface area contributed by atoms with Crippen molar-refractivity contribution >= 4 is 37.8 Å². The van der Waals surface area contributed by atoms with E-state index in [1.54, 1.807) is 18.2 Å². The van der Waals surface area contributed by atoms with Crippen LogP contribution in [0.3, 0.4) is 0 Å². The Kier molecular flexibility index (Phi) is 4.49. The van der Waals surface area contributed by atoms with E-state index < -0.39 is 5.97 Å². The molecule has 2 rings (SSSR count). The van der Waals surface area contributed by atoms with E-state index in [2.05, 4.69) is 36.8 Å². The Balaban J connectivity index is 2.03. The third-order valence-electron chi connectivity index (χ3n) is 2.24.